The average molecular weight is 245 g/mol. The van der Waals surface area contributed by atoms with Crippen LogP contribution in [0.4, 0.5) is 0 Å². The normalized spacial score (nSPS) is 29.6. The second-order valence-corrected chi connectivity index (χ2v) is 6.41. The van der Waals surface area contributed by atoms with Crippen LogP contribution in [0.15, 0.2) is 18.2 Å². The molecule has 0 spiro atoms. The van der Waals surface area contributed by atoms with Crippen LogP contribution in [-0.2, 0) is 4.79 Å². The smallest absolute Gasteiger partial charge is 0.227 e. The van der Waals surface area contributed by atoms with Crippen LogP contribution in [0.25, 0.3) is 0 Å². The Morgan fingerprint density at radius 1 is 1.28 bits per heavy atom. The van der Waals surface area contributed by atoms with Crippen LogP contribution >= 0.6 is 0 Å². The Kier molecular flexibility index (Phi) is 2.25. The number of amides is 1. The summed E-state index contributed by atoms with van der Waals surface area (Å²) in [5, 5.41) is 2.99. The molecule has 0 aromatic heterocycles. The molecule has 2 heterocycles. The van der Waals surface area contributed by atoms with E-state index in [2.05, 4.69) is 32.2 Å². The lowest BCUT2D eigenvalue weighted by molar-refractivity contribution is -0.125. The second-order valence-electron chi connectivity index (χ2n) is 6.41. The van der Waals surface area contributed by atoms with E-state index in [9.17, 15) is 4.79 Å². The molecule has 0 saturated carbocycles. The summed E-state index contributed by atoms with van der Waals surface area (Å²) in [7, 11) is 0. The number of carbonyl (C=O) groups excluding carboxylic acids is 1. The van der Waals surface area contributed by atoms with Gasteiger partial charge < -0.3 is 10.1 Å². The minimum absolute atomic E-state index is 0.0226. The van der Waals surface area contributed by atoms with Crippen molar-refractivity contribution in [3.05, 3.63) is 29.3 Å². The highest BCUT2D eigenvalue weighted by molar-refractivity contribution is 5.84. The predicted molar refractivity (Wildman–Crippen MR) is 69.4 cm³/mol. The minimum Gasteiger partial charge on any atom is -0.469 e. The summed E-state index contributed by atoms with van der Waals surface area (Å²) >= 11 is 0. The number of fused-ring (bicyclic) bond motifs is 3. The van der Waals surface area contributed by atoms with E-state index in [-0.39, 0.29) is 29.4 Å². The first kappa shape index (κ1) is 11.6. The van der Waals surface area contributed by atoms with Crippen LogP contribution in [0, 0.1) is 18.3 Å². The zero-order valence-corrected chi connectivity index (χ0v) is 11.3. The van der Waals surface area contributed by atoms with Crippen molar-refractivity contribution in [3.8, 4) is 5.75 Å². The quantitative estimate of drug-likeness (QED) is 0.763. The lowest BCUT2D eigenvalue weighted by Gasteiger charge is -2.28. The summed E-state index contributed by atoms with van der Waals surface area (Å²) in [6.45, 7) is 8.40. The van der Waals surface area contributed by atoms with E-state index in [4.69, 9.17) is 4.74 Å². The van der Waals surface area contributed by atoms with Gasteiger partial charge in [-0.3, -0.25) is 4.79 Å². The topological polar surface area (TPSA) is 38.3 Å². The molecule has 1 aromatic carbocycles. The van der Waals surface area contributed by atoms with Gasteiger partial charge in [0.2, 0.25) is 5.91 Å². The first-order chi connectivity index (χ1) is 8.39. The molecule has 1 amide bonds. The SMILES string of the molecule is Cc1cccc2c1O[C@@H]1NC(=O)[C@@H](C(C)(C)C)[C@H]21. The fourth-order valence-corrected chi connectivity index (χ4v) is 3.26. The molecule has 1 N–H and O–H groups in total. The van der Waals surface area contributed by atoms with Crippen molar-refractivity contribution >= 4 is 5.91 Å². The number of hydrogen-bond acceptors (Lipinski definition) is 2. The molecule has 1 fully saturated rings. The van der Waals surface area contributed by atoms with Crippen LogP contribution in [0.3, 0.4) is 0 Å². The van der Waals surface area contributed by atoms with Gasteiger partial charge in [-0.05, 0) is 17.9 Å². The van der Waals surface area contributed by atoms with Gasteiger partial charge in [0.05, 0.1) is 11.8 Å². The standard InChI is InChI=1S/C15H19NO2/c1-8-6-5-7-9-10-11(15(2,3)4)13(17)16-14(10)18-12(8)9/h5-7,10-11,14H,1-4H3,(H,16,17)/t10-,11-,14-/m0/s1. The van der Waals surface area contributed by atoms with Gasteiger partial charge >= 0.3 is 0 Å². The van der Waals surface area contributed by atoms with Crippen LogP contribution in [-0.4, -0.2) is 12.1 Å². The summed E-state index contributed by atoms with van der Waals surface area (Å²) in [5.74, 6) is 1.20. The van der Waals surface area contributed by atoms with Crippen molar-refractivity contribution in [2.24, 2.45) is 11.3 Å². The maximum absolute atomic E-state index is 12.1. The van der Waals surface area contributed by atoms with E-state index in [1.807, 2.05) is 19.1 Å². The van der Waals surface area contributed by atoms with Gasteiger partial charge in [-0.25, -0.2) is 0 Å². The Morgan fingerprint density at radius 3 is 2.67 bits per heavy atom. The number of aryl methyl sites for hydroxylation is 1. The summed E-state index contributed by atoms with van der Waals surface area (Å²) < 4.78 is 5.93. The maximum Gasteiger partial charge on any atom is 0.227 e. The molecule has 1 saturated heterocycles. The Hall–Kier alpha value is -1.51. The molecule has 3 rings (SSSR count). The van der Waals surface area contributed by atoms with Crippen LogP contribution in [0.2, 0.25) is 0 Å². The number of nitrogens with one attached hydrogen (secondary N) is 1. The van der Waals surface area contributed by atoms with Crippen molar-refractivity contribution in [1.29, 1.82) is 0 Å². The van der Waals surface area contributed by atoms with E-state index in [0.717, 1.165) is 11.3 Å². The molecule has 3 heteroatoms. The molecule has 2 aliphatic heterocycles. The molecule has 3 atom stereocenters. The summed E-state index contributed by atoms with van der Waals surface area (Å²) in [4.78, 5) is 12.1. The molecule has 96 valence electrons. The number of ether oxygens (including phenoxy) is 1. The van der Waals surface area contributed by atoms with Gasteiger partial charge in [0.15, 0.2) is 6.23 Å². The van der Waals surface area contributed by atoms with Gasteiger partial charge in [0, 0.05) is 5.56 Å². The van der Waals surface area contributed by atoms with Crippen LogP contribution in [0.1, 0.15) is 37.8 Å². The Bertz CT molecular complexity index is 516. The van der Waals surface area contributed by atoms with Crippen LogP contribution < -0.4 is 10.1 Å². The Balaban J connectivity index is 2.10. The van der Waals surface area contributed by atoms with E-state index in [1.165, 1.54) is 5.56 Å². The predicted octanol–water partition coefficient (Wildman–Crippen LogP) is 2.59. The van der Waals surface area contributed by atoms with E-state index >= 15 is 0 Å². The molecule has 0 bridgehead atoms. The molecule has 0 unspecified atom stereocenters. The molecule has 0 aliphatic carbocycles. The molecule has 2 aliphatic rings. The van der Waals surface area contributed by atoms with Crippen molar-refractivity contribution in [2.75, 3.05) is 0 Å². The fraction of sp³-hybridized carbons (Fsp3) is 0.533. The zero-order valence-electron chi connectivity index (χ0n) is 11.3. The van der Waals surface area contributed by atoms with Crippen molar-refractivity contribution in [2.45, 2.75) is 39.8 Å². The highest BCUT2D eigenvalue weighted by Gasteiger charge is 2.53. The van der Waals surface area contributed by atoms with E-state index < -0.39 is 0 Å². The molecular weight excluding hydrogens is 226 g/mol. The minimum atomic E-state index is -0.183. The highest BCUT2D eigenvalue weighted by Crippen LogP contribution is 2.51. The number of para-hydroxylation sites is 1. The van der Waals surface area contributed by atoms with E-state index in [1.54, 1.807) is 0 Å². The molecule has 0 radical (unpaired) electrons. The first-order valence-electron chi connectivity index (χ1n) is 6.46. The summed E-state index contributed by atoms with van der Waals surface area (Å²) in [5.41, 5.74) is 2.26. The molecular formula is C15H19NO2. The van der Waals surface area contributed by atoms with Gasteiger partial charge in [-0.1, -0.05) is 39.0 Å². The van der Waals surface area contributed by atoms with Crippen LogP contribution in [0.5, 0.6) is 5.75 Å². The van der Waals surface area contributed by atoms with Gasteiger partial charge in [0.25, 0.3) is 0 Å². The number of hydrogen-bond donors (Lipinski definition) is 1. The third kappa shape index (κ3) is 1.46. The third-order valence-corrected chi connectivity index (χ3v) is 4.03. The number of benzene rings is 1. The lowest BCUT2D eigenvalue weighted by atomic mass is 9.72. The average Bonchev–Trinajstić information content (AvgIpc) is 2.72. The number of carbonyl (C=O) groups is 1. The van der Waals surface area contributed by atoms with Crippen molar-refractivity contribution < 1.29 is 9.53 Å². The van der Waals surface area contributed by atoms with E-state index in [0.29, 0.717) is 0 Å². The second kappa shape index (κ2) is 3.50. The van der Waals surface area contributed by atoms with Gasteiger partial charge in [-0.2, -0.15) is 0 Å². The van der Waals surface area contributed by atoms with Gasteiger partial charge in [-0.15, -0.1) is 0 Å². The summed E-state index contributed by atoms with van der Waals surface area (Å²) in [6.07, 6.45) is -0.183. The fourth-order valence-electron chi connectivity index (χ4n) is 3.26. The highest BCUT2D eigenvalue weighted by atomic mass is 16.5. The molecule has 3 nitrogen and oxygen atoms in total. The Morgan fingerprint density at radius 2 is 2.00 bits per heavy atom. The summed E-state index contributed by atoms with van der Waals surface area (Å²) in [6, 6.07) is 6.18. The third-order valence-electron chi connectivity index (χ3n) is 4.03. The first-order valence-corrected chi connectivity index (χ1v) is 6.46. The Labute approximate surface area is 108 Å². The maximum atomic E-state index is 12.1. The van der Waals surface area contributed by atoms with Gasteiger partial charge in [0.1, 0.15) is 5.75 Å². The molecule has 1 aromatic rings. The largest absolute Gasteiger partial charge is 0.469 e. The zero-order chi connectivity index (χ0) is 13.1. The van der Waals surface area contributed by atoms with Crippen molar-refractivity contribution in [3.63, 3.8) is 0 Å². The number of rotatable bonds is 0. The molecule has 18 heavy (non-hydrogen) atoms. The van der Waals surface area contributed by atoms with Crippen molar-refractivity contribution in [1.82, 2.24) is 5.32 Å². The monoisotopic (exact) mass is 245 g/mol. The lowest BCUT2D eigenvalue weighted by Crippen LogP contribution is -2.32.